The Kier molecular flexibility index (Phi) is 4.73. The Labute approximate surface area is 131 Å². The van der Waals surface area contributed by atoms with E-state index in [9.17, 15) is 0 Å². The van der Waals surface area contributed by atoms with Crippen molar-refractivity contribution in [2.75, 3.05) is 11.9 Å². The van der Waals surface area contributed by atoms with E-state index in [1.165, 1.54) is 37.7 Å². The van der Waals surface area contributed by atoms with Gasteiger partial charge < -0.3 is 15.1 Å². The van der Waals surface area contributed by atoms with Crippen LogP contribution in [0.4, 0.5) is 6.01 Å². The largest absolute Gasteiger partial charge is 0.406 e. The standard InChI is InChI=1S/C17H24N4O/c1-21(14-10-6-3-7-11-14)17-20-19-16(22-17)15(18)12-13-8-4-2-5-9-13/h2,4-5,8-9,14-15H,3,6-7,10-12,18H2,1H3/t15-/m1/s1. The minimum Gasteiger partial charge on any atom is -0.406 e. The highest BCUT2D eigenvalue weighted by molar-refractivity contribution is 5.25. The van der Waals surface area contributed by atoms with Crippen LogP contribution in [-0.4, -0.2) is 23.3 Å². The van der Waals surface area contributed by atoms with Crippen LogP contribution in [0.3, 0.4) is 0 Å². The summed E-state index contributed by atoms with van der Waals surface area (Å²) in [6.07, 6.45) is 7.00. The molecular weight excluding hydrogens is 276 g/mol. The van der Waals surface area contributed by atoms with Crippen molar-refractivity contribution < 1.29 is 4.42 Å². The van der Waals surface area contributed by atoms with Gasteiger partial charge in [0.15, 0.2) is 0 Å². The fourth-order valence-electron chi connectivity index (χ4n) is 3.10. The van der Waals surface area contributed by atoms with Crippen molar-refractivity contribution in [1.29, 1.82) is 0 Å². The zero-order chi connectivity index (χ0) is 15.4. The first-order chi connectivity index (χ1) is 10.7. The molecule has 1 atom stereocenters. The molecule has 1 aromatic heterocycles. The molecule has 5 heteroatoms. The van der Waals surface area contributed by atoms with Gasteiger partial charge in [0.1, 0.15) is 0 Å². The molecule has 0 radical (unpaired) electrons. The van der Waals surface area contributed by atoms with Crippen molar-refractivity contribution in [3.05, 3.63) is 41.8 Å². The van der Waals surface area contributed by atoms with Gasteiger partial charge in [0.05, 0.1) is 6.04 Å². The fraction of sp³-hybridized carbons (Fsp3) is 0.529. The third-order valence-corrected chi connectivity index (χ3v) is 4.47. The maximum absolute atomic E-state index is 6.20. The second-order valence-corrected chi connectivity index (χ2v) is 6.12. The van der Waals surface area contributed by atoms with E-state index in [0.29, 0.717) is 24.4 Å². The van der Waals surface area contributed by atoms with Crippen LogP contribution < -0.4 is 10.6 Å². The molecule has 2 aromatic rings. The van der Waals surface area contributed by atoms with Crippen molar-refractivity contribution in [2.45, 2.75) is 50.6 Å². The van der Waals surface area contributed by atoms with E-state index in [1.54, 1.807) is 0 Å². The van der Waals surface area contributed by atoms with Gasteiger partial charge in [0.25, 0.3) is 0 Å². The zero-order valence-corrected chi connectivity index (χ0v) is 13.1. The van der Waals surface area contributed by atoms with E-state index in [4.69, 9.17) is 10.2 Å². The molecule has 0 spiro atoms. The molecule has 0 amide bonds. The van der Waals surface area contributed by atoms with E-state index in [0.717, 1.165) is 0 Å². The lowest BCUT2D eigenvalue weighted by molar-refractivity contribution is 0.391. The van der Waals surface area contributed by atoms with Crippen LogP contribution in [0.5, 0.6) is 0 Å². The van der Waals surface area contributed by atoms with Crippen molar-refractivity contribution in [1.82, 2.24) is 10.2 Å². The molecule has 118 valence electrons. The van der Waals surface area contributed by atoms with Gasteiger partial charge in [0.2, 0.25) is 5.89 Å². The lowest BCUT2D eigenvalue weighted by Gasteiger charge is -2.29. The Hall–Kier alpha value is -1.88. The van der Waals surface area contributed by atoms with Gasteiger partial charge in [-0.1, -0.05) is 54.7 Å². The minimum atomic E-state index is -0.261. The molecule has 0 aliphatic heterocycles. The first-order valence-corrected chi connectivity index (χ1v) is 8.10. The maximum atomic E-state index is 6.20. The molecule has 22 heavy (non-hydrogen) atoms. The predicted octanol–water partition coefficient (Wildman–Crippen LogP) is 3.08. The van der Waals surface area contributed by atoms with E-state index >= 15 is 0 Å². The number of hydrogen-bond acceptors (Lipinski definition) is 5. The second kappa shape index (κ2) is 6.92. The number of aromatic nitrogens is 2. The average Bonchev–Trinajstić information content (AvgIpc) is 3.06. The van der Waals surface area contributed by atoms with Gasteiger partial charge in [-0.25, -0.2) is 0 Å². The molecule has 1 aliphatic carbocycles. The Bertz CT molecular complexity index is 577. The molecular formula is C17H24N4O. The molecule has 0 saturated heterocycles. The topological polar surface area (TPSA) is 68.2 Å². The normalized spacial score (nSPS) is 17.4. The van der Waals surface area contributed by atoms with Crippen molar-refractivity contribution in [3.8, 4) is 0 Å². The van der Waals surface area contributed by atoms with Gasteiger partial charge in [-0.05, 0) is 24.8 Å². The van der Waals surface area contributed by atoms with E-state index in [-0.39, 0.29) is 6.04 Å². The van der Waals surface area contributed by atoms with Gasteiger partial charge >= 0.3 is 6.01 Å². The summed E-state index contributed by atoms with van der Waals surface area (Å²) in [6, 6.07) is 11.0. The van der Waals surface area contributed by atoms with Gasteiger partial charge in [-0.3, -0.25) is 0 Å². The molecule has 3 rings (SSSR count). The summed E-state index contributed by atoms with van der Waals surface area (Å²) in [7, 11) is 2.04. The zero-order valence-electron chi connectivity index (χ0n) is 13.1. The van der Waals surface area contributed by atoms with E-state index in [2.05, 4.69) is 27.2 Å². The molecule has 0 bridgehead atoms. The third kappa shape index (κ3) is 3.47. The highest BCUT2D eigenvalue weighted by Crippen LogP contribution is 2.26. The lowest BCUT2D eigenvalue weighted by Crippen LogP contribution is -2.33. The predicted molar refractivity (Wildman–Crippen MR) is 86.6 cm³/mol. The molecule has 1 heterocycles. The molecule has 1 aliphatic rings. The Balaban J connectivity index is 1.65. The number of anilines is 1. The maximum Gasteiger partial charge on any atom is 0.318 e. The van der Waals surface area contributed by atoms with Crippen LogP contribution >= 0.6 is 0 Å². The summed E-state index contributed by atoms with van der Waals surface area (Å²) >= 11 is 0. The monoisotopic (exact) mass is 300 g/mol. The van der Waals surface area contributed by atoms with Crippen LogP contribution in [-0.2, 0) is 6.42 Å². The SMILES string of the molecule is CN(c1nnc([C@H](N)Cc2ccccc2)o1)C1CCCCC1. The third-order valence-electron chi connectivity index (χ3n) is 4.47. The summed E-state index contributed by atoms with van der Waals surface area (Å²) in [5, 5.41) is 8.33. The Morgan fingerprint density at radius 2 is 1.91 bits per heavy atom. The van der Waals surface area contributed by atoms with Crippen LogP contribution in [0.1, 0.15) is 49.6 Å². The van der Waals surface area contributed by atoms with Crippen LogP contribution in [0.25, 0.3) is 0 Å². The number of nitrogens with two attached hydrogens (primary N) is 1. The van der Waals surface area contributed by atoms with Crippen molar-refractivity contribution in [2.24, 2.45) is 5.73 Å². The van der Waals surface area contributed by atoms with Crippen molar-refractivity contribution in [3.63, 3.8) is 0 Å². The molecule has 1 aromatic carbocycles. The number of benzene rings is 1. The first kappa shape index (κ1) is 15.0. The lowest BCUT2D eigenvalue weighted by atomic mass is 9.95. The summed E-state index contributed by atoms with van der Waals surface area (Å²) in [4.78, 5) is 2.12. The Morgan fingerprint density at radius 3 is 2.64 bits per heavy atom. The summed E-state index contributed by atoms with van der Waals surface area (Å²) in [5.41, 5.74) is 7.38. The van der Waals surface area contributed by atoms with Gasteiger partial charge in [-0.2, -0.15) is 0 Å². The van der Waals surface area contributed by atoms with Gasteiger partial charge in [-0.15, -0.1) is 5.10 Å². The fourth-order valence-corrected chi connectivity index (χ4v) is 3.10. The molecule has 1 saturated carbocycles. The molecule has 0 unspecified atom stereocenters. The van der Waals surface area contributed by atoms with E-state index < -0.39 is 0 Å². The molecule has 1 fully saturated rings. The van der Waals surface area contributed by atoms with Gasteiger partial charge in [0, 0.05) is 13.1 Å². The molecule has 2 N–H and O–H groups in total. The minimum absolute atomic E-state index is 0.261. The van der Waals surface area contributed by atoms with Crippen molar-refractivity contribution >= 4 is 6.01 Å². The number of rotatable bonds is 5. The average molecular weight is 300 g/mol. The van der Waals surface area contributed by atoms with Crippen LogP contribution in [0.2, 0.25) is 0 Å². The highest BCUT2D eigenvalue weighted by Gasteiger charge is 2.23. The van der Waals surface area contributed by atoms with Crippen LogP contribution in [0, 0.1) is 0 Å². The summed E-state index contributed by atoms with van der Waals surface area (Å²) in [6.45, 7) is 0. The molecule has 5 nitrogen and oxygen atoms in total. The summed E-state index contributed by atoms with van der Waals surface area (Å²) in [5.74, 6) is 0.515. The first-order valence-electron chi connectivity index (χ1n) is 8.10. The van der Waals surface area contributed by atoms with E-state index in [1.807, 2.05) is 25.2 Å². The number of hydrogen-bond donors (Lipinski definition) is 1. The number of nitrogens with zero attached hydrogens (tertiary/aromatic N) is 3. The quantitative estimate of drug-likeness (QED) is 0.919. The van der Waals surface area contributed by atoms with Crippen LogP contribution in [0.15, 0.2) is 34.7 Å². The summed E-state index contributed by atoms with van der Waals surface area (Å²) < 4.78 is 5.81. The Morgan fingerprint density at radius 1 is 1.18 bits per heavy atom. The smallest absolute Gasteiger partial charge is 0.318 e. The second-order valence-electron chi connectivity index (χ2n) is 6.12. The highest BCUT2D eigenvalue weighted by atomic mass is 16.4.